The highest BCUT2D eigenvalue weighted by atomic mass is 19.4. The smallest absolute Gasteiger partial charge is 0.337 e. The molecular weight excluding hydrogens is 323 g/mol. The molecule has 1 saturated heterocycles. The number of rotatable bonds is 4. The van der Waals surface area contributed by atoms with Crippen molar-refractivity contribution in [3.63, 3.8) is 0 Å². The van der Waals surface area contributed by atoms with E-state index >= 15 is 0 Å². The minimum absolute atomic E-state index is 0.117. The molecule has 0 aromatic heterocycles. The number of hydrogen-bond donors (Lipinski definition) is 2. The zero-order valence-electron chi connectivity index (χ0n) is 12.9. The van der Waals surface area contributed by atoms with E-state index in [-0.39, 0.29) is 18.5 Å². The van der Waals surface area contributed by atoms with E-state index in [1.165, 1.54) is 18.2 Å². The van der Waals surface area contributed by atoms with Crippen LogP contribution in [0, 0.1) is 0 Å². The lowest BCUT2D eigenvalue weighted by atomic mass is 10.1. The summed E-state index contributed by atoms with van der Waals surface area (Å²) in [6.45, 7) is 4.50. The third kappa shape index (κ3) is 4.74. The van der Waals surface area contributed by atoms with Gasteiger partial charge in [-0.05, 0) is 30.2 Å². The van der Waals surface area contributed by atoms with Gasteiger partial charge in [-0.25, -0.2) is 4.79 Å². The van der Waals surface area contributed by atoms with Crippen molar-refractivity contribution in [1.29, 1.82) is 0 Å². The van der Waals surface area contributed by atoms with Gasteiger partial charge < -0.3 is 15.5 Å². The van der Waals surface area contributed by atoms with Crippen molar-refractivity contribution in [3.05, 3.63) is 48.0 Å². The first-order valence-electron chi connectivity index (χ1n) is 7.41. The molecular formula is C16H18F3N3O2. The van der Waals surface area contributed by atoms with Crippen LogP contribution in [0.15, 0.2) is 36.9 Å². The quantitative estimate of drug-likeness (QED) is 0.826. The SMILES string of the molecule is C=CC(=O)N1CCC(NC(=O)NCc2ccc(C(F)(F)F)cc2)C1. The number of amides is 3. The van der Waals surface area contributed by atoms with Crippen molar-refractivity contribution in [1.82, 2.24) is 15.5 Å². The number of alkyl halides is 3. The van der Waals surface area contributed by atoms with E-state index in [9.17, 15) is 22.8 Å². The maximum absolute atomic E-state index is 12.5. The van der Waals surface area contributed by atoms with E-state index < -0.39 is 17.8 Å². The van der Waals surface area contributed by atoms with Gasteiger partial charge in [0, 0.05) is 25.7 Å². The van der Waals surface area contributed by atoms with Crippen LogP contribution < -0.4 is 10.6 Å². The Morgan fingerprint density at radius 1 is 1.29 bits per heavy atom. The average Bonchev–Trinajstić information content (AvgIpc) is 3.00. The van der Waals surface area contributed by atoms with Gasteiger partial charge in [-0.15, -0.1) is 0 Å². The number of carbonyl (C=O) groups is 2. The zero-order chi connectivity index (χ0) is 17.7. The predicted molar refractivity (Wildman–Crippen MR) is 82.0 cm³/mol. The molecule has 0 saturated carbocycles. The minimum atomic E-state index is -4.37. The average molecular weight is 341 g/mol. The van der Waals surface area contributed by atoms with Crippen molar-refractivity contribution in [2.45, 2.75) is 25.2 Å². The van der Waals surface area contributed by atoms with Crippen LogP contribution in [0.1, 0.15) is 17.5 Å². The van der Waals surface area contributed by atoms with Crippen LogP contribution in [0.5, 0.6) is 0 Å². The molecule has 0 radical (unpaired) electrons. The third-order valence-corrected chi connectivity index (χ3v) is 3.74. The van der Waals surface area contributed by atoms with E-state index in [1.807, 2.05) is 0 Å². The molecule has 0 aliphatic carbocycles. The van der Waals surface area contributed by atoms with Crippen LogP contribution in [-0.2, 0) is 17.5 Å². The first kappa shape index (κ1) is 17.8. The lowest BCUT2D eigenvalue weighted by Crippen LogP contribution is -2.43. The van der Waals surface area contributed by atoms with Crippen molar-refractivity contribution in [2.24, 2.45) is 0 Å². The van der Waals surface area contributed by atoms with E-state index in [0.29, 0.717) is 25.1 Å². The molecule has 0 spiro atoms. The van der Waals surface area contributed by atoms with E-state index in [1.54, 1.807) is 4.90 Å². The Kier molecular flexibility index (Phi) is 5.48. The number of halogens is 3. The fourth-order valence-corrected chi connectivity index (χ4v) is 2.44. The van der Waals surface area contributed by atoms with Crippen molar-refractivity contribution >= 4 is 11.9 Å². The van der Waals surface area contributed by atoms with Gasteiger partial charge in [0.2, 0.25) is 5.91 Å². The molecule has 1 aliphatic rings. The molecule has 1 atom stereocenters. The second-order valence-electron chi connectivity index (χ2n) is 5.50. The molecule has 1 unspecified atom stereocenters. The Hall–Kier alpha value is -2.51. The van der Waals surface area contributed by atoms with Crippen molar-refractivity contribution < 1.29 is 22.8 Å². The standard InChI is InChI=1S/C16H18F3N3O2/c1-2-14(23)22-8-7-13(10-22)21-15(24)20-9-11-3-5-12(6-4-11)16(17,18)19/h2-6,13H,1,7-10H2,(H2,20,21,24). The van der Waals surface area contributed by atoms with Crippen molar-refractivity contribution in [3.8, 4) is 0 Å². The summed E-state index contributed by atoms with van der Waals surface area (Å²) in [7, 11) is 0. The monoisotopic (exact) mass is 341 g/mol. The maximum Gasteiger partial charge on any atom is 0.416 e. The number of benzene rings is 1. The number of nitrogens with zero attached hydrogens (tertiary/aromatic N) is 1. The molecule has 1 aliphatic heterocycles. The first-order valence-corrected chi connectivity index (χ1v) is 7.41. The highest BCUT2D eigenvalue weighted by Gasteiger charge is 2.30. The molecule has 1 heterocycles. The Bertz CT molecular complexity index is 614. The van der Waals surface area contributed by atoms with Gasteiger partial charge in [0.1, 0.15) is 0 Å². The Morgan fingerprint density at radius 3 is 2.54 bits per heavy atom. The fourth-order valence-electron chi connectivity index (χ4n) is 2.44. The number of urea groups is 1. The van der Waals surface area contributed by atoms with Crippen LogP contribution >= 0.6 is 0 Å². The molecule has 1 aromatic carbocycles. The number of nitrogens with one attached hydrogen (secondary N) is 2. The normalized spacial score (nSPS) is 17.5. The summed E-state index contributed by atoms with van der Waals surface area (Å²) in [5.74, 6) is -0.176. The minimum Gasteiger partial charge on any atom is -0.337 e. The first-order chi connectivity index (χ1) is 11.3. The summed E-state index contributed by atoms with van der Waals surface area (Å²) in [6.07, 6.45) is -2.50. The Labute approximate surface area is 137 Å². The highest BCUT2D eigenvalue weighted by molar-refractivity contribution is 5.87. The number of hydrogen-bond acceptors (Lipinski definition) is 2. The summed E-state index contributed by atoms with van der Waals surface area (Å²) >= 11 is 0. The molecule has 3 amide bonds. The van der Waals surface area contributed by atoms with E-state index in [2.05, 4.69) is 17.2 Å². The van der Waals surface area contributed by atoms with Crippen molar-refractivity contribution in [2.75, 3.05) is 13.1 Å². The van der Waals surface area contributed by atoms with Crippen LogP contribution in [0.25, 0.3) is 0 Å². The largest absolute Gasteiger partial charge is 0.416 e. The molecule has 2 rings (SSSR count). The molecule has 2 N–H and O–H groups in total. The van der Waals surface area contributed by atoms with Gasteiger partial charge >= 0.3 is 12.2 Å². The van der Waals surface area contributed by atoms with Gasteiger partial charge in [-0.2, -0.15) is 13.2 Å². The van der Waals surface area contributed by atoms with Crippen LogP contribution in [0.2, 0.25) is 0 Å². The topological polar surface area (TPSA) is 61.4 Å². The zero-order valence-corrected chi connectivity index (χ0v) is 12.9. The molecule has 1 aromatic rings. The van der Waals surface area contributed by atoms with E-state index in [4.69, 9.17) is 0 Å². The second kappa shape index (κ2) is 7.37. The van der Waals surface area contributed by atoms with Gasteiger partial charge in [0.15, 0.2) is 0 Å². The van der Waals surface area contributed by atoms with Gasteiger partial charge in [-0.1, -0.05) is 18.7 Å². The summed E-state index contributed by atoms with van der Waals surface area (Å²) < 4.78 is 37.4. The van der Waals surface area contributed by atoms with Gasteiger partial charge in [0.05, 0.1) is 5.56 Å². The second-order valence-corrected chi connectivity index (χ2v) is 5.50. The van der Waals surface area contributed by atoms with E-state index in [0.717, 1.165) is 12.1 Å². The summed E-state index contributed by atoms with van der Waals surface area (Å²) in [4.78, 5) is 24.9. The third-order valence-electron chi connectivity index (χ3n) is 3.74. The molecule has 1 fully saturated rings. The number of carbonyl (C=O) groups excluding carboxylic acids is 2. The van der Waals surface area contributed by atoms with Crippen LogP contribution in [0.3, 0.4) is 0 Å². The maximum atomic E-state index is 12.5. The predicted octanol–water partition coefficient (Wildman–Crippen LogP) is 2.29. The molecule has 8 heteroatoms. The summed E-state index contributed by atoms with van der Waals surface area (Å²) in [5.41, 5.74) is -0.165. The van der Waals surface area contributed by atoms with Gasteiger partial charge in [-0.3, -0.25) is 4.79 Å². The molecule has 24 heavy (non-hydrogen) atoms. The molecule has 5 nitrogen and oxygen atoms in total. The Balaban J connectivity index is 1.77. The van der Waals surface area contributed by atoms with Gasteiger partial charge in [0.25, 0.3) is 0 Å². The molecule has 130 valence electrons. The van der Waals surface area contributed by atoms with Crippen LogP contribution in [0.4, 0.5) is 18.0 Å². The lowest BCUT2D eigenvalue weighted by molar-refractivity contribution is -0.137. The lowest BCUT2D eigenvalue weighted by Gasteiger charge is -2.16. The molecule has 0 bridgehead atoms. The van der Waals surface area contributed by atoms with Crippen LogP contribution in [-0.4, -0.2) is 36.0 Å². The number of likely N-dealkylation sites (tertiary alicyclic amines) is 1. The fraction of sp³-hybridized carbons (Fsp3) is 0.375. The highest BCUT2D eigenvalue weighted by Crippen LogP contribution is 2.29. The summed E-state index contributed by atoms with van der Waals surface area (Å²) in [6, 6.07) is 4.02. The Morgan fingerprint density at radius 2 is 1.96 bits per heavy atom. The summed E-state index contributed by atoms with van der Waals surface area (Å²) in [5, 5.41) is 5.32.